The first-order valence-electron chi connectivity index (χ1n) is 7.81. The van der Waals surface area contributed by atoms with Gasteiger partial charge in [0.25, 0.3) is 0 Å². The van der Waals surface area contributed by atoms with Gasteiger partial charge in [-0.15, -0.1) is 0 Å². The maximum atomic E-state index is 6.15. The first kappa shape index (κ1) is 13.3. The van der Waals surface area contributed by atoms with Crippen LogP contribution in [0.5, 0.6) is 0 Å². The molecule has 2 aromatic carbocycles. The number of nitrogen functional groups attached to an aromatic ring is 2. The van der Waals surface area contributed by atoms with Crippen LogP contribution in [-0.2, 0) is 13.1 Å². The first-order chi connectivity index (χ1) is 10.5. The van der Waals surface area contributed by atoms with E-state index in [1.54, 1.807) is 0 Å². The molecule has 0 spiro atoms. The quantitative estimate of drug-likeness (QED) is 0.734. The van der Waals surface area contributed by atoms with Crippen molar-refractivity contribution in [2.75, 3.05) is 34.4 Å². The second-order valence-electron chi connectivity index (χ2n) is 6.52. The molecule has 0 fully saturated rings. The Bertz CT molecular complexity index is 701. The summed E-state index contributed by atoms with van der Waals surface area (Å²) in [5.41, 5.74) is 21.6. The summed E-state index contributed by atoms with van der Waals surface area (Å²) < 4.78 is 0. The van der Waals surface area contributed by atoms with Gasteiger partial charge >= 0.3 is 0 Å². The molecular weight excluding hydrogens is 272 g/mol. The third-order valence-corrected chi connectivity index (χ3v) is 4.98. The van der Waals surface area contributed by atoms with E-state index in [0.717, 1.165) is 48.7 Å². The molecule has 0 aromatic heterocycles. The highest BCUT2D eigenvalue weighted by molar-refractivity contribution is 5.72. The van der Waals surface area contributed by atoms with Crippen LogP contribution in [0.2, 0.25) is 0 Å². The van der Waals surface area contributed by atoms with Crippen LogP contribution >= 0.6 is 0 Å². The van der Waals surface area contributed by atoms with Gasteiger partial charge in [0.2, 0.25) is 0 Å². The van der Waals surface area contributed by atoms with Gasteiger partial charge in [-0.25, -0.2) is 0 Å². The van der Waals surface area contributed by atoms with E-state index >= 15 is 0 Å². The molecule has 0 atom stereocenters. The molecular formula is C18H22N4. The second kappa shape index (κ2) is 4.57. The summed E-state index contributed by atoms with van der Waals surface area (Å²) >= 11 is 0. The minimum Gasteiger partial charge on any atom is -0.398 e. The van der Waals surface area contributed by atoms with Gasteiger partial charge in [-0.3, -0.25) is 0 Å². The fraction of sp³-hybridized carbons (Fsp3) is 0.333. The van der Waals surface area contributed by atoms with Crippen LogP contribution in [0, 0.1) is 13.8 Å². The minimum atomic E-state index is 0.881. The molecule has 0 saturated carbocycles. The van der Waals surface area contributed by atoms with Crippen molar-refractivity contribution in [3.05, 3.63) is 46.5 Å². The van der Waals surface area contributed by atoms with Gasteiger partial charge in [0.15, 0.2) is 0 Å². The molecule has 0 amide bonds. The topological polar surface area (TPSA) is 58.5 Å². The molecule has 0 radical (unpaired) electrons. The number of nitrogens with two attached hydrogens (primary N) is 2. The van der Waals surface area contributed by atoms with E-state index in [1.165, 1.54) is 22.5 Å². The Morgan fingerprint density at radius 2 is 1.14 bits per heavy atom. The lowest BCUT2D eigenvalue weighted by atomic mass is 10.0. The lowest BCUT2D eigenvalue weighted by Crippen LogP contribution is -2.26. The number of aryl methyl sites for hydroxylation is 2. The molecule has 2 bridgehead atoms. The Hall–Kier alpha value is -2.36. The number of nitrogens with zero attached hydrogens (tertiary/aromatic N) is 2. The van der Waals surface area contributed by atoms with E-state index < -0.39 is 0 Å². The Kier molecular flexibility index (Phi) is 2.76. The van der Waals surface area contributed by atoms with Crippen LogP contribution in [-0.4, -0.2) is 13.1 Å². The highest BCUT2D eigenvalue weighted by atomic mass is 15.2. The third-order valence-electron chi connectivity index (χ3n) is 4.98. The largest absolute Gasteiger partial charge is 0.398 e. The van der Waals surface area contributed by atoms with Crippen molar-refractivity contribution < 1.29 is 0 Å². The molecule has 2 heterocycles. The Balaban J connectivity index is 1.88. The van der Waals surface area contributed by atoms with Crippen LogP contribution in [0.15, 0.2) is 24.3 Å². The molecule has 4 N–H and O–H groups in total. The van der Waals surface area contributed by atoms with Crippen LogP contribution in [0.1, 0.15) is 22.3 Å². The highest BCUT2D eigenvalue weighted by Gasteiger charge is 2.27. The molecule has 4 heteroatoms. The zero-order valence-electron chi connectivity index (χ0n) is 13.2. The third kappa shape index (κ3) is 1.90. The van der Waals surface area contributed by atoms with Gasteiger partial charge in [0, 0.05) is 48.9 Å². The fourth-order valence-electron chi connectivity index (χ4n) is 3.61. The molecule has 22 heavy (non-hydrogen) atoms. The maximum absolute atomic E-state index is 6.15. The first-order valence-corrected chi connectivity index (χ1v) is 7.81. The van der Waals surface area contributed by atoms with Crippen molar-refractivity contribution >= 4 is 22.7 Å². The summed E-state index contributed by atoms with van der Waals surface area (Å²) in [6.45, 7) is 8.03. The number of anilines is 4. The molecule has 4 rings (SSSR count). The number of hydrogen-bond acceptors (Lipinski definition) is 4. The van der Waals surface area contributed by atoms with E-state index in [4.69, 9.17) is 11.5 Å². The average Bonchev–Trinajstić information content (AvgIpc) is 2.73. The van der Waals surface area contributed by atoms with Crippen molar-refractivity contribution in [2.45, 2.75) is 26.9 Å². The average molecular weight is 294 g/mol. The van der Waals surface area contributed by atoms with Crippen molar-refractivity contribution in [2.24, 2.45) is 0 Å². The minimum absolute atomic E-state index is 0.881. The Morgan fingerprint density at radius 1 is 0.727 bits per heavy atom. The molecule has 114 valence electrons. The van der Waals surface area contributed by atoms with Crippen LogP contribution < -0.4 is 21.3 Å². The number of fused-ring (bicyclic) bond motifs is 7. The van der Waals surface area contributed by atoms with E-state index in [-0.39, 0.29) is 0 Å². The van der Waals surface area contributed by atoms with Crippen molar-refractivity contribution in [3.63, 3.8) is 0 Å². The summed E-state index contributed by atoms with van der Waals surface area (Å²) in [6, 6.07) is 8.75. The number of rotatable bonds is 0. The van der Waals surface area contributed by atoms with E-state index in [2.05, 4.69) is 47.9 Å². The summed E-state index contributed by atoms with van der Waals surface area (Å²) in [4.78, 5) is 4.90. The van der Waals surface area contributed by atoms with Crippen molar-refractivity contribution in [1.82, 2.24) is 0 Å². The standard InChI is InChI=1S/C18H22N4/c1-11-5-13-9-21-3-4-22(17(13)7-15(11)19)10-14-6-12(2)16(20)8-18(14)21/h5-8H,3-4,9-10,19-20H2,1-2H3. The molecule has 4 nitrogen and oxygen atoms in total. The predicted octanol–water partition coefficient (Wildman–Crippen LogP) is 2.81. The van der Waals surface area contributed by atoms with Gasteiger partial charge in [0.1, 0.15) is 0 Å². The molecule has 2 aromatic rings. The molecule has 0 saturated heterocycles. The van der Waals surface area contributed by atoms with Crippen molar-refractivity contribution in [3.8, 4) is 0 Å². The summed E-state index contributed by atoms with van der Waals surface area (Å²) in [5.74, 6) is 0. The number of hydrogen-bond donors (Lipinski definition) is 2. The summed E-state index contributed by atoms with van der Waals surface area (Å²) in [7, 11) is 0. The smallest absolute Gasteiger partial charge is 0.0451 e. The molecule has 2 aliphatic heterocycles. The Morgan fingerprint density at radius 3 is 1.55 bits per heavy atom. The van der Waals surface area contributed by atoms with E-state index in [0.29, 0.717) is 0 Å². The Labute approximate surface area is 131 Å². The van der Waals surface area contributed by atoms with E-state index in [9.17, 15) is 0 Å². The van der Waals surface area contributed by atoms with Crippen LogP contribution in [0.25, 0.3) is 0 Å². The zero-order valence-corrected chi connectivity index (χ0v) is 13.2. The number of benzene rings is 2. The van der Waals surface area contributed by atoms with Crippen molar-refractivity contribution in [1.29, 1.82) is 0 Å². The monoisotopic (exact) mass is 294 g/mol. The van der Waals surface area contributed by atoms with Gasteiger partial charge in [-0.2, -0.15) is 0 Å². The molecule has 0 unspecified atom stereocenters. The normalized spacial score (nSPS) is 16.1. The maximum Gasteiger partial charge on any atom is 0.0451 e. The van der Waals surface area contributed by atoms with Gasteiger partial charge < -0.3 is 21.3 Å². The second-order valence-corrected chi connectivity index (χ2v) is 6.52. The molecule has 2 aliphatic rings. The molecule has 0 aliphatic carbocycles. The SMILES string of the molecule is Cc1cc2c(cc1N)N1CCN(C2)c2cc(N)c(C)cc2C1. The summed E-state index contributed by atoms with van der Waals surface area (Å²) in [6.07, 6.45) is 0. The fourth-order valence-corrected chi connectivity index (χ4v) is 3.61. The van der Waals surface area contributed by atoms with Gasteiger partial charge in [-0.1, -0.05) is 12.1 Å². The predicted molar refractivity (Wildman–Crippen MR) is 93.3 cm³/mol. The van der Waals surface area contributed by atoms with Crippen LogP contribution in [0.3, 0.4) is 0 Å². The zero-order chi connectivity index (χ0) is 15.4. The summed E-state index contributed by atoms with van der Waals surface area (Å²) in [5, 5.41) is 0. The lowest BCUT2D eigenvalue weighted by Gasteiger charge is -2.29. The highest BCUT2D eigenvalue weighted by Crippen LogP contribution is 2.38. The van der Waals surface area contributed by atoms with Gasteiger partial charge in [-0.05, 0) is 48.2 Å². The van der Waals surface area contributed by atoms with E-state index in [1.807, 2.05) is 0 Å². The lowest BCUT2D eigenvalue weighted by molar-refractivity contribution is 0.793. The van der Waals surface area contributed by atoms with Crippen LogP contribution in [0.4, 0.5) is 22.7 Å². The van der Waals surface area contributed by atoms with Gasteiger partial charge in [0.05, 0.1) is 0 Å².